The molecule has 0 aliphatic carbocycles. The number of carboxylic acid groups (broad SMARTS) is 1. The van der Waals surface area contributed by atoms with Crippen molar-refractivity contribution >= 4 is 23.5 Å². The normalized spacial score (nSPS) is 23.2. The Morgan fingerprint density at radius 2 is 1.70 bits per heavy atom. The van der Waals surface area contributed by atoms with Crippen LogP contribution in [-0.4, -0.2) is 71.6 Å². The molecular weight excluding hydrogens is 439 g/mol. The molecule has 0 radical (unpaired) electrons. The third kappa shape index (κ3) is 6.93. The molecule has 2 atom stereocenters. The highest BCUT2D eigenvalue weighted by atomic mass is 19.4. The number of para-hydroxylation sites is 1. The number of nitrogens with one attached hydrogen (secondary N) is 1. The number of carbonyl (C=O) groups is 3. The van der Waals surface area contributed by atoms with Gasteiger partial charge in [-0.15, -0.1) is 0 Å². The largest absolute Gasteiger partial charge is 0.490 e. The van der Waals surface area contributed by atoms with E-state index in [1.807, 2.05) is 35.2 Å². The van der Waals surface area contributed by atoms with E-state index in [2.05, 4.69) is 31.1 Å². The van der Waals surface area contributed by atoms with Crippen molar-refractivity contribution in [3.63, 3.8) is 0 Å². The summed E-state index contributed by atoms with van der Waals surface area (Å²) in [7, 11) is 2.10. The highest BCUT2D eigenvalue weighted by Gasteiger charge is 2.52. The standard InChI is InChI=1S/C21H31N3O2.C2HF3O2/c1-16(2)15-19(25)24-12-9-18-21(11-14-24,10-13-23(18)3)20(26)22-17-7-5-4-6-8-17;3-2(4,5)1(6)7/h4-8,16,18H,9-15H2,1-3H3,(H,22,26);(H,6,7)/t18-,21-;/m1./s1. The molecule has 0 bridgehead atoms. The molecule has 184 valence electrons. The number of likely N-dealkylation sites (tertiary alicyclic amines) is 2. The lowest BCUT2D eigenvalue weighted by Gasteiger charge is -2.34. The maximum Gasteiger partial charge on any atom is 0.490 e. The van der Waals surface area contributed by atoms with Crippen molar-refractivity contribution in [3.05, 3.63) is 30.3 Å². The van der Waals surface area contributed by atoms with E-state index in [1.54, 1.807) is 0 Å². The number of hydrogen-bond acceptors (Lipinski definition) is 4. The lowest BCUT2D eigenvalue weighted by Crippen LogP contribution is -2.46. The maximum absolute atomic E-state index is 13.3. The van der Waals surface area contributed by atoms with Crippen LogP contribution < -0.4 is 5.32 Å². The van der Waals surface area contributed by atoms with Gasteiger partial charge in [0.2, 0.25) is 11.8 Å². The van der Waals surface area contributed by atoms with E-state index in [4.69, 9.17) is 9.90 Å². The highest BCUT2D eigenvalue weighted by molar-refractivity contribution is 5.96. The predicted octanol–water partition coefficient (Wildman–Crippen LogP) is 3.62. The van der Waals surface area contributed by atoms with Gasteiger partial charge < -0.3 is 20.2 Å². The highest BCUT2D eigenvalue weighted by Crippen LogP contribution is 2.44. The number of amides is 2. The maximum atomic E-state index is 13.3. The SMILES string of the molecule is CC(C)CC(=O)N1CC[C@H]2N(C)CC[C@@]2(C(=O)Nc2ccccc2)CC1.O=C(O)C(F)(F)F. The summed E-state index contributed by atoms with van der Waals surface area (Å²) in [4.78, 5) is 39.0. The summed E-state index contributed by atoms with van der Waals surface area (Å²) in [5.41, 5.74) is 0.439. The molecule has 2 aliphatic rings. The van der Waals surface area contributed by atoms with E-state index < -0.39 is 17.6 Å². The van der Waals surface area contributed by atoms with Gasteiger partial charge in [0.1, 0.15) is 0 Å². The Balaban J connectivity index is 0.000000479. The molecule has 2 saturated heterocycles. The molecule has 2 aliphatic heterocycles. The summed E-state index contributed by atoms with van der Waals surface area (Å²) in [6.07, 6.45) is -2.03. The number of fused-ring (bicyclic) bond motifs is 1. The number of benzene rings is 1. The lowest BCUT2D eigenvalue weighted by molar-refractivity contribution is -0.192. The van der Waals surface area contributed by atoms with Gasteiger partial charge in [-0.25, -0.2) is 4.79 Å². The number of halogens is 3. The molecule has 2 amide bonds. The molecule has 0 aromatic heterocycles. The van der Waals surface area contributed by atoms with E-state index in [-0.39, 0.29) is 17.9 Å². The molecule has 2 N–H and O–H groups in total. The first-order valence-corrected chi connectivity index (χ1v) is 11.0. The van der Waals surface area contributed by atoms with Crippen molar-refractivity contribution in [2.45, 2.75) is 51.7 Å². The van der Waals surface area contributed by atoms with Gasteiger partial charge >= 0.3 is 12.1 Å². The van der Waals surface area contributed by atoms with Crippen LogP contribution in [0.5, 0.6) is 0 Å². The Labute approximate surface area is 191 Å². The van der Waals surface area contributed by atoms with Crippen LogP contribution >= 0.6 is 0 Å². The van der Waals surface area contributed by atoms with Gasteiger partial charge in [0.25, 0.3) is 0 Å². The molecule has 10 heteroatoms. The molecular formula is C23H32F3N3O4. The number of rotatable bonds is 4. The fourth-order valence-electron chi connectivity index (χ4n) is 4.52. The first kappa shape index (κ1) is 26.6. The van der Waals surface area contributed by atoms with Gasteiger partial charge in [-0.05, 0) is 50.9 Å². The van der Waals surface area contributed by atoms with E-state index in [0.29, 0.717) is 18.9 Å². The average molecular weight is 472 g/mol. The summed E-state index contributed by atoms with van der Waals surface area (Å²) in [5.74, 6) is -2.06. The minimum atomic E-state index is -5.08. The van der Waals surface area contributed by atoms with E-state index in [9.17, 15) is 22.8 Å². The van der Waals surface area contributed by atoms with E-state index >= 15 is 0 Å². The molecule has 2 heterocycles. The van der Waals surface area contributed by atoms with Crippen molar-refractivity contribution in [3.8, 4) is 0 Å². The second-order valence-corrected chi connectivity index (χ2v) is 9.04. The molecule has 0 unspecified atom stereocenters. The van der Waals surface area contributed by atoms with Crippen LogP contribution in [0.4, 0.5) is 18.9 Å². The van der Waals surface area contributed by atoms with E-state index in [0.717, 1.165) is 38.0 Å². The zero-order valence-electron chi connectivity index (χ0n) is 19.2. The van der Waals surface area contributed by atoms with Gasteiger partial charge in [0.15, 0.2) is 0 Å². The van der Waals surface area contributed by atoms with Gasteiger partial charge in [0, 0.05) is 31.2 Å². The molecule has 1 aromatic rings. The molecule has 3 rings (SSSR count). The molecule has 0 saturated carbocycles. The fraction of sp³-hybridized carbons (Fsp3) is 0.609. The van der Waals surface area contributed by atoms with Crippen LogP contribution in [0, 0.1) is 11.3 Å². The average Bonchev–Trinajstić information content (AvgIpc) is 2.92. The van der Waals surface area contributed by atoms with E-state index in [1.165, 1.54) is 0 Å². The Morgan fingerprint density at radius 1 is 1.12 bits per heavy atom. The number of anilines is 1. The Morgan fingerprint density at radius 3 is 2.24 bits per heavy atom. The first-order chi connectivity index (χ1) is 15.4. The number of aliphatic carboxylic acids is 1. The summed E-state index contributed by atoms with van der Waals surface area (Å²) in [6.45, 7) is 6.52. The number of hydrogen-bond donors (Lipinski definition) is 2. The third-order valence-electron chi connectivity index (χ3n) is 6.24. The Hall–Kier alpha value is -2.62. The second-order valence-electron chi connectivity index (χ2n) is 9.04. The molecule has 2 fully saturated rings. The number of alkyl halides is 3. The molecule has 1 aromatic carbocycles. The number of nitrogens with zero attached hydrogens (tertiary/aromatic N) is 2. The molecule has 0 spiro atoms. The zero-order chi connectivity index (χ0) is 24.8. The van der Waals surface area contributed by atoms with Gasteiger partial charge in [-0.1, -0.05) is 32.0 Å². The van der Waals surface area contributed by atoms with Crippen LogP contribution in [0.15, 0.2) is 30.3 Å². The zero-order valence-corrected chi connectivity index (χ0v) is 19.2. The third-order valence-corrected chi connectivity index (χ3v) is 6.24. The smallest absolute Gasteiger partial charge is 0.475 e. The van der Waals surface area contributed by atoms with Crippen LogP contribution in [0.3, 0.4) is 0 Å². The summed E-state index contributed by atoms with van der Waals surface area (Å²) in [5, 5.41) is 10.3. The lowest BCUT2D eigenvalue weighted by atomic mass is 9.75. The van der Waals surface area contributed by atoms with Crippen LogP contribution in [0.2, 0.25) is 0 Å². The molecule has 7 nitrogen and oxygen atoms in total. The second kappa shape index (κ2) is 11.0. The van der Waals surface area contributed by atoms with Crippen molar-refractivity contribution < 1.29 is 32.7 Å². The van der Waals surface area contributed by atoms with Crippen LogP contribution in [0.1, 0.15) is 39.5 Å². The summed E-state index contributed by atoms with van der Waals surface area (Å²) in [6, 6.07) is 9.87. The topological polar surface area (TPSA) is 90.0 Å². The van der Waals surface area contributed by atoms with Crippen molar-refractivity contribution in [1.82, 2.24) is 9.80 Å². The van der Waals surface area contributed by atoms with Crippen molar-refractivity contribution in [1.29, 1.82) is 0 Å². The summed E-state index contributed by atoms with van der Waals surface area (Å²) >= 11 is 0. The van der Waals surface area contributed by atoms with Crippen molar-refractivity contribution in [2.75, 3.05) is 32.0 Å². The summed E-state index contributed by atoms with van der Waals surface area (Å²) < 4.78 is 31.7. The van der Waals surface area contributed by atoms with Crippen LogP contribution in [0.25, 0.3) is 0 Å². The monoisotopic (exact) mass is 471 g/mol. The fourth-order valence-corrected chi connectivity index (χ4v) is 4.52. The van der Waals surface area contributed by atoms with Crippen molar-refractivity contribution in [2.24, 2.45) is 11.3 Å². The Bertz CT molecular complexity index is 832. The van der Waals surface area contributed by atoms with Gasteiger partial charge in [0.05, 0.1) is 5.41 Å². The Kier molecular flexibility index (Phi) is 8.88. The molecule has 33 heavy (non-hydrogen) atoms. The van der Waals surface area contributed by atoms with Gasteiger partial charge in [-0.2, -0.15) is 13.2 Å². The number of carboxylic acids is 1. The minimum absolute atomic E-state index is 0.108. The minimum Gasteiger partial charge on any atom is -0.475 e. The number of carbonyl (C=O) groups excluding carboxylic acids is 2. The quantitative estimate of drug-likeness (QED) is 0.700. The predicted molar refractivity (Wildman–Crippen MR) is 117 cm³/mol. The van der Waals surface area contributed by atoms with Gasteiger partial charge in [-0.3, -0.25) is 9.59 Å². The first-order valence-electron chi connectivity index (χ1n) is 11.0. The van der Waals surface area contributed by atoms with Crippen LogP contribution in [-0.2, 0) is 14.4 Å².